The number of ether oxygens (including phenoxy) is 1. The fraction of sp³-hybridized carbons (Fsp3) is 0.647. The molecule has 3 aliphatic carbocycles. The predicted molar refractivity (Wildman–Crippen MR) is 156 cm³/mol. The summed E-state index contributed by atoms with van der Waals surface area (Å²) in [6.07, 6.45) is 7.77. The van der Waals surface area contributed by atoms with Gasteiger partial charge in [-0.2, -0.15) is 0 Å². The zero-order chi connectivity index (χ0) is 27.3. The molecule has 0 saturated heterocycles. The van der Waals surface area contributed by atoms with Gasteiger partial charge in [0.05, 0.1) is 7.11 Å². The molecule has 204 valence electrons. The number of phenols is 1. The largest absolute Gasteiger partial charge is 0.507 e. The standard InChI is InChI=1S/C19H27NO.C15H24O/c1-19-8-7-16-15-6-4-14(21-2)9-12(15)3-5-17(16)18(19)10-13(20)11-19;1-10-8-11(14(2,3)4)9-12(13(10)16)15(5,6)7/h4,6,9,13,16-18H,3,5,7-8,10-11,20H2,1-2H3;8-9,16H,1-7H3. The van der Waals surface area contributed by atoms with Crippen LogP contribution in [0.2, 0.25) is 0 Å². The van der Waals surface area contributed by atoms with Gasteiger partial charge in [-0.1, -0.05) is 66.7 Å². The van der Waals surface area contributed by atoms with E-state index in [4.69, 9.17) is 10.5 Å². The first-order chi connectivity index (χ1) is 17.1. The van der Waals surface area contributed by atoms with Gasteiger partial charge in [-0.05, 0) is 119 Å². The van der Waals surface area contributed by atoms with Gasteiger partial charge in [0.25, 0.3) is 0 Å². The molecule has 2 aromatic rings. The van der Waals surface area contributed by atoms with Crippen molar-refractivity contribution in [2.24, 2.45) is 23.0 Å². The molecular formula is C34H51NO2. The van der Waals surface area contributed by atoms with Crippen LogP contribution in [0.5, 0.6) is 11.5 Å². The second-order valence-corrected chi connectivity index (χ2v) is 14.6. The van der Waals surface area contributed by atoms with Gasteiger partial charge in [0.2, 0.25) is 0 Å². The van der Waals surface area contributed by atoms with E-state index >= 15 is 0 Å². The molecule has 0 amide bonds. The Morgan fingerprint density at radius 3 is 2.32 bits per heavy atom. The Hall–Kier alpha value is -2.00. The lowest BCUT2D eigenvalue weighted by Gasteiger charge is -2.49. The zero-order valence-corrected chi connectivity index (χ0v) is 24.9. The van der Waals surface area contributed by atoms with Crippen molar-refractivity contribution in [3.63, 3.8) is 0 Å². The molecule has 5 rings (SSSR count). The van der Waals surface area contributed by atoms with E-state index in [1.807, 2.05) is 6.92 Å². The van der Waals surface area contributed by atoms with E-state index in [9.17, 15) is 5.11 Å². The van der Waals surface area contributed by atoms with Gasteiger partial charge in [0, 0.05) is 6.04 Å². The summed E-state index contributed by atoms with van der Waals surface area (Å²) < 4.78 is 5.40. The highest BCUT2D eigenvalue weighted by Crippen LogP contribution is 2.60. The van der Waals surface area contributed by atoms with Crippen LogP contribution in [0, 0.1) is 24.2 Å². The van der Waals surface area contributed by atoms with Crippen LogP contribution in [0.4, 0.5) is 0 Å². The molecule has 3 aliphatic rings. The van der Waals surface area contributed by atoms with Crippen molar-refractivity contribution >= 4 is 0 Å². The lowest BCUT2D eigenvalue weighted by atomic mass is 9.56. The molecule has 5 atom stereocenters. The van der Waals surface area contributed by atoms with Crippen LogP contribution in [-0.4, -0.2) is 18.3 Å². The van der Waals surface area contributed by atoms with Crippen LogP contribution in [0.25, 0.3) is 0 Å². The Morgan fingerprint density at radius 2 is 1.70 bits per heavy atom. The number of hydrogen-bond donors (Lipinski definition) is 2. The summed E-state index contributed by atoms with van der Waals surface area (Å²) in [5.41, 5.74) is 13.4. The highest BCUT2D eigenvalue weighted by atomic mass is 16.5. The average molecular weight is 506 g/mol. The SMILES string of the molecule is COc1ccc2c(c1)CCC1C2CCC2(C)CC(N)CC12.Cc1cc(C(C)(C)C)cc(C(C)(C)C)c1O. The quantitative estimate of drug-likeness (QED) is 0.411. The molecule has 2 fully saturated rings. The fourth-order valence-corrected chi connectivity index (χ4v) is 7.59. The molecule has 0 aromatic heterocycles. The summed E-state index contributed by atoms with van der Waals surface area (Å²) in [6, 6.07) is 11.4. The van der Waals surface area contributed by atoms with E-state index in [0.717, 1.165) is 34.6 Å². The topological polar surface area (TPSA) is 55.5 Å². The minimum atomic E-state index is -0.0178. The highest BCUT2D eigenvalue weighted by Gasteiger charge is 2.52. The maximum absolute atomic E-state index is 10.1. The third-order valence-electron chi connectivity index (χ3n) is 9.71. The lowest BCUT2D eigenvalue weighted by molar-refractivity contribution is 0.0598. The van der Waals surface area contributed by atoms with Crippen molar-refractivity contribution < 1.29 is 9.84 Å². The van der Waals surface area contributed by atoms with Crippen LogP contribution in [0.3, 0.4) is 0 Å². The number of rotatable bonds is 1. The van der Waals surface area contributed by atoms with E-state index < -0.39 is 0 Å². The Bertz CT molecular complexity index is 1120. The van der Waals surface area contributed by atoms with E-state index in [1.54, 1.807) is 12.7 Å². The first-order valence-electron chi connectivity index (χ1n) is 14.4. The number of phenolic OH excluding ortho intramolecular Hbond substituents is 1. The van der Waals surface area contributed by atoms with Crippen molar-refractivity contribution in [1.82, 2.24) is 0 Å². The predicted octanol–water partition coefficient (Wildman–Crippen LogP) is 8.17. The Kier molecular flexibility index (Phi) is 7.54. The summed E-state index contributed by atoms with van der Waals surface area (Å²) >= 11 is 0. The first-order valence-corrected chi connectivity index (χ1v) is 14.4. The number of nitrogens with two attached hydrogens (primary N) is 1. The number of aryl methyl sites for hydroxylation is 2. The van der Waals surface area contributed by atoms with E-state index in [0.29, 0.717) is 17.2 Å². The number of benzene rings is 2. The van der Waals surface area contributed by atoms with Crippen molar-refractivity contribution in [1.29, 1.82) is 0 Å². The monoisotopic (exact) mass is 505 g/mol. The summed E-state index contributed by atoms with van der Waals surface area (Å²) in [7, 11) is 1.76. The molecule has 0 aliphatic heterocycles. The van der Waals surface area contributed by atoms with Gasteiger partial charge in [-0.15, -0.1) is 0 Å². The minimum absolute atomic E-state index is 0.0178. The van der Waals surface area contributed by atoms with E-state index in [1.165, 1.54) is 49.7 Å². The maximum atomic E-state index is 10.1. The molecule has 3 heteroatoms. The molecule has 2 saturated carbocycles. The second-order valence-electron chi connectivity index (χ2n) is 14.6. The van der Waals surface area contributed by atoms with Crippen LogP contribution in [0.15, 0.2) is 30.3 Å². The molecule has 2 aromatic carbocycles. The average Bonchev–Trinajstić information content (AvgIpc) is 3.13. The van der Waals surface area contributed by atoms with Crippen LogP contribution >= 0.6 is 0 Å². The van der Waals surface area contributed by atoms with Crippen molar-refractivity contribution in [2.45, 2.75) is 117 Å². The van der Waals surface area contributed by atoms with Gasteiger partial charge in [0.1, 0.15) is 11.5 Å². The molecule has 37 heavy (non-hydrogen) atoms. The van der Waals surface area contributed by atoms with Gasteiger partial charge in [-0.3, -0.25) is 0 Å². The van der Waals surface area contributed by atoms with Crippen LogP contribution in [0.1, 0.15) is 114 Å². The Balaban J connectivity index is 0.000000181. The van der Waals surface area contributed by atoms with Gasteiger partial charge < -0.3 is 15.6 Å². The number of hydrogen-bond acceptors (Lipinski definition) is 3. The van der Waals surface area contributed by atoms with E-state index in [-0.39, 0.29) is 10.8 Å². The summed E-state index contributed by atoms with van der Waals surface area (Å²) in [5.74, 6) is 3.93. The minimum Gasteiger partial charge on any atom is -0.507 e. The van der Waals surface area contributed by atoms with Crippen molar-refractivity contribution in [3.8, 4) is 11.5 Å². The summed E-state index contributed by atoms with van der Waals surface area (Å²) in [4.78, 5) is 0. The fourth-order valence-electron chi connectivity index (χ4n) is 7.59. The van der Waals surface area contributed by atoms with Gasteiger partial charge in [0.15, 0.2) is 0 Å². The molecule has 0 radical (unpaired) electrons. The summed E-state index contributed by atoms with van der Waals surface area (Å²) in [6.45, 7) is 17.5. The van der Waals surface area contributed by atoms with E-state index in [2.05, 4.69) is 78.8 Å². The number of aromatic hydroxyl groups is 1. The lowest BCUT2D eigenvalue weighted by Crippen LogP contribution is -2.39. The molecular weight excluding hydrogens is 454 g/mol. The normalized spacial score (nSPS) is 28.9. The third kappa shape index (κ3) is 5.58. The van der Waals surface area contributed by atoms with Gasteiger partial charge in [-0.25, -0.2) is 0 Å². The third-order valence-corrected chi connectivity index (χ3v) is 9.71. The zero-order valence-electron chi connectivity index (χ0n) is 24.9. The first kappa shape index (κ1) is 28.0. The van der Waals surface area contributed by atoms with Crippen molar-refractivity contribution in [3.05, 3.63) is 58.1 Å². The smallest absolute Gasteiger partial charge is 0.122 e. The molecule has 3 N–H and O–H groups in total. The Labute approximate surface area is 226 Å². The number of methoxy groups -OCH3 is 1. The molecule has 0 bridgehead atoms. The van der Waals surface area contributed by atoms with Crippen LogP contribution < -0.4 is 10.5 Å². The number of fused-ring (bicyclic) bond motifs is 5. The van der Waals surface area contributed by atoms with Crippen molar-refractivity contribution in [2.75, 3.05) is 7.11 Å². The maximum Gasteiger partial charge on any atom is 0.122 e. The highest BCUT2D eigenvalue weighted by molar-refractivity contribution is 5.48. The second kappa shape index (κ2) is 9.95. The van der Waals surface area contributed by atoms with Gasteiger partial charge >= 0.3 is 0 Å². The Morgan fingerprint density at radius 1 is 1.00 bits per heavy atom. The van der Waals surface area contributed by atoms with Crippen LogP contribution in [-0.2, 0) is 17.3 Å². The molecule has 5 unspecified atom stereocenters. The molecule has 3 nitrogen and oxygen atoms in total. The molecule has 0 heterocycles. The molecule has 0 spiro atoms. The summed E-state index contributed by atoms with van der Waals surface area (Å²) in [5, 5.41) is 10.1.